The third-order valence-corrected chi connectivity index (χ3v) is 4.43. The first-order valence-electron chi connectivity index (χ1n) is 7.31. The number of halogens is 2. The molecule has 1 aromatic carbocycles. The van der Waals surface area contributed by atoms with Crippen molar-refractivity contribution in [3.8, 4) is 11.8 Å². The molecule has 2 aromatic rings. The zero-order valence-corrected chi connectivity index (χ0v) is 12.2. The Morgan fingerprint density at radius 3 is 2.67 bits per heavy atom. The average Bonchev–Trinajstić information content (AvgIpc) is 3.35. The Hall–Kier alpha value is -3.08. The fourth-order valence-electron chi connectivity index (χ4n) is 3.16. The van der Waals surface area contributed by atoms with Crippen molar-refractivity contribution in [3.63, 3.8) is 0 Å². The quantitative estimate of drug-likeness (QED) is 0.785. The fourth-order valence-corrected chi connectivity index (χ4v) is 3.16. The van der Waals surface area contributed by atoms with Crippen LogP contribution in [0.25, 0.3) is 10.9 Å². The highest BCUT2D eigenvalue weighted by Crippen LogP contribution is 2.45. The molecule has 6 nitrogen and oxygen atoms in total. The number of aromatic amines is 1. The van der Waals surface area contributed by atoms with E-state index in [4.69, 9.17) is 5.26 Å². The lowest BCUT2D eigenvalue weighted by Gasteiger charge is -2.29. The predicted octanol–water partition coefficient (Wildman–Crippen LogP) is 2.52. The first-order valence-corrected chi connectivity index (χ1v) is 7.31. The summed E-state index contributed by atoms with van der Waals surface area (Å²) in [5, 5.41) is 27.8. The van der Waals surface area contributed by atoms with Crippen LogP contribution in [0, 0.1) is 23.0 Å². The van der Waals surface area contributed by atoms with E-state index >= 15 is 0 Å². The molecule has 2 heterocycles. The molecule has 0 spiro atoms. The van der Waals surface area contributed by atoms with Gasteiger partial charge >= 0.3 is 5.97 Å². The Morgan fingerprint density at radius 1 is 1.38 bits per heavy atom. The van der Waals surface area contributed by atoms with Crippen molar-refractivity contribution in [1.82, 2.24) is 4.98 Å². The molecule has 0 radical (unpaired) electrons. The topological polar surface area (TPSA) is 100 Å². The Labute approximate surface area is 134 Å². The van der Waals surface area contributed by atoms with Gasteiger partial charge in [0.25, 0.3) is 0 Å². The molecule has 1 aliphatic heterocycles. The molecule has 0 saturated heterocycles. The first kappa shape index (κ1) is 14.5. The van der Waals surface area contributed by atoms with Gasteiger partial charge in [-0.1, -0.05) is 0 Å². The highest BCUT2D eigenvalue weighted by atomic mass is 19.2. The third kappa shape index (κ3) is 1.81. The SMILES string of the molecule is N#Cc1[nH]c2c3c(c(F)c(F)c2c1O)N(C1CC1)C=C(C(=O)O)C3. The fraction of sp³-hybridized carbons (Fsp3) is 0.250. The summed E-state index contributed by atoms with van der Waals surface area (Å²) in [5.74, 6) is -4.22. The first-order chi connectivity index (χ1) is 11.4. The van der Waals surface area contributed by atoms with Gasteiger partial charge in [0.05, 0.1) is 22.2 Å². The Morgan fingerprint density at radius 2 is 2.08 bits per heavy atom. The van der Waals surface area contributed by atoms with Gasteiger partial charge < -0.3 is 20.1 Å². The van der Waals surface area contributed by atoms with Crippen LogP contribution in [-0.4, -0.2) is 27.2 Å². The van der Waals surface area contributed by atoms with E-state index in [1.165, 1.54) is 11.1 Å². The lowest BCUT2D eigenvalue weighted by atomic mass is 9.96. The molecular formula is C16H11F2N3O3. The summed E-state index contributed by atoms with van der Waals surface area (Å²) in [6.45, 7) is 0. The number of rotatable bonds is 2. The predicted molar refractivity (Wildman–Crippen MR) is 79.5 cm³/mol. The number of hydrogen-bond acceptors (Lipinski definition) is 4. The van der Waals surface area contributed by atoms with Crippen molar-refractivity contribution in [1.29, 1.82) is 5.26 Å². The molecular weight excluding hydrogens is 320 g/mol. The molecule has 0 atom stereocenters. The van der Waals surface area contributed by atoms with Crippen LogP contribution in [0.3, 0.4) is 0 Å². The maximum Gasteiger partial charge on any atom is 0.333 e. The number of hydrogen-bond donors (Lipinski definition) is 3. The number of aromatic hydroxyl groups is 1. The smallest absolute Gasteiger partial charge is 0.333 e. The van der Waals surface area contributed by atoms with E-state index in [0.717, 1.165) is 12.8 Å². The van der Waals surface area contributed by atoms with Crippen LogP contribution < -0.4 is 4.90 Å². The molecule has 2 aliphatic rings. The van der Waals surface area contributed by atoms with Crippen LogP contribution in [0.4, 0.5) is 14.5 Å². The van der Waals surface area contributed by atoms with E-state index in [-0.39, 0.29) is 40.5 Å². The third-order valence-electron chi connectivity index (χ3n) is 4.43. The molecule has 1 aliphatic carbocycles. The van der Waals surface area contributed by atoms with E-state index in [9.17, 15) is 23.8 Å². The number of fused-ring (bicyclic) bond motifs is 3. The lowest BCUT2D eigenvalue weighted by molar-refractivity contribution is -0.132. The van der Waals surface area contributed by atoms with Gasteiger partial charge in [0.1, 0.15) is 6.07 Å². The summed E-state index contributed by atoms with van der Waals surface area (Å²) in [7, 11) is 0. The summed E-state index contributed by atoms with van der Waals surface area (Å²) >= 11 is 0. The second kappa shape index (κ2) is 4.71. The number of aliphatic carboxylic acids is 1. The highest BCUT2D eigenvalue weighted by Gasteiger charge is 2.38. The van der Waals surface area contributed by atoms with E-state index in [1.54, 1.807) is 6.07 Å². The lowest BCUT2D eigenvalue weighted by Crippen LogP contribution is -2.28. The number of carboxylic acid groups (broad SMARTS) is 1. The summed E-state index contributed by atoms with van der Waals surface area (Å²) in [6, 6.07) is 1.60. The number of nitriles is 1. The van der Waals surface area contributed by atoms with Crippen LogP contribution in [0.5, 0.6) is 5.75 Å². The number of benzene rings is 1. The van der Waals surface area contributed by atoms with Crippen LogP contribution >= 0.6 is 0 Å². The monoisotopic (exact) mass is 331 g/mol. The molecule has 0 bridgehead atoms. The van der Waals surface area contributed by atoms with Crippen molar-refractivity contribution in [3.05, 3.63) is 34.7 Å². The van der Waals surface area contributed by atoms with Gasteiger partial charge in [-0.25, -0.2) is 13.6 Å². The van der Waals surface area contributed by atoms with Crippen LogP contribution in [0.2, 0.25) is 0 Å². The minimum Gasteiger partial charge on any atom is -0.504 e. The Kier molecular flexibility index (Phi) is 2.85. The van der Waals surface area contributed by atoms with Crippen molar-refractivity contribution < 1.29 is 23.8 Å². The molecule has 1 aromatic heterocycles. The largest absolute Gasteiger partial charge is 0.504 e. The molecule has 8 heteroatoms. The summed E-state index contributed by atoms with van der Waals surface area (Å²) < 4.78 is 29.2. The number of anilines is 1. The second-order valence-corrected chi connectivity index (χ2v) is 5.94. The summed E-state index contributed by atoms with van der Waals surface area (Å²) in [6.07, 6.45) is 2.71. The summed E-state index contributed by atoms with van der Waals surface area (Å²) in [5.41, 5.74) is -0.00315. The normalized spacial score (nSPS) is 16.7. The minimum atomic E-state index is -1.25. The summed E-state index contributed by atoms with van der Waals surface area (Å²) in [4.78, 5) is 15.4. The van der Waals surface area contributed by atoms with Gasteiger partial charge in [0.15, 0.2) is 23.1 Å². The van der Waals surface area contributed by atoms with Gasteiger partial charge in [-0.2, -0.15) is 5.26 Å². The van der Waals surface area contributed by atoms with Gasteiger partial charge in [-0.05, 0) is 12.8 Å². The molecule has 1 fully saturated rings. The van der Waals surface area contributed by atoms with Crippen molar-refractivity contribution in [2.75, 3.05) is 4.90 Å². The highest BCUT2D eigenvalue weighted by molar-refractivity contribution is 5.98. The minimum absolute atomic E-state index is 0.0294. The molecule has 1 saturated carbocycles. The van der Waals surface area contributed by atoms with Crippen molar-refractivity contribution in [2.24, 2.45) is 0 Å². The Bertz CT molecular complexity index is 983. The average molecular weight is 331 g/mol. The van der Waals surface area contributed by atoms with Crippen molar-refractivity contribution in [2.45, 2.75) is 25.3 Å². The molecule has 0 amide bonds. The maximum atomic E-state index is 14.7. The van der Waals surface area contributed by atoms with Crippen LogP contribution in [-0.2, 0) is 11.2 Å². The van der Waals surface area contributed by atoms with Crippen molar-refractivity contribution >= 4 is 22.6 Å². The number of aromatic nitrogens is 1. The van der Waals surface area contributed by atoms with E-state index in [2.05, 4.69) is 4.98 Å². The zero-order valence-electron chi connectivity index (χ0n) is 12.2. The second-order valence-electron chi connectivity index (χ2n) is 5.94. The molecule has 3 N–H and O–H groups in total. The number of H-pyrrole nitrogens is 1. The van der Waals surface area contributed by atoms with E-state index in [0.29, 0.717) is 0 Å². The molecule has 122 valence electrons. The number of nitrogens with zero attached hydrogens (tertiary/aromatic N) is 2. The number of carbonyl (C=O) groups is 1. The zero-order chi connectivity index (χ0) is 17.2. The molecule has 24 heavy (non-hydrogen) atoms. The van der Waals surface area contributed by atoms with Gasteiger partial charge in [-0.3, -0.25) is 0 Å². The van der Waals surface area contributed by atoms with E-state index in [1.807, 2.05) is 0 Å². The molecule has 4 rings (SSSR count). The van der Waals surface area contributed by atoms with Crippen LogP contribution in [0.15, 0.2) is 11.8 Å². The Balaban J connectivity index is 2.08. The maximum absolute atomic E-state index is 14.7. The standard InChI is InChI=1S/C16H11F2N3O3/c17-11-10-13(20-9(4-19)15(10)22)8-3-6(16(23)24)5-21(7-1-2-7)14(8)12(11)18/h5,7,20,22H,1-3H2,(H,23,24). The number of carboxylic acids is 1. The molecule has 0 unspecified atom stereocenters. The van der Waals surface area contributed by atoms with Gasteiger partial charge in [0, 0.05) is 24.2 Å². The van der Waals surface area contributed by atoms with Crippen LogP contribution in [0.1, 0.15) is 24.1 Å². The van der Waals surface area contributed by atoms with Gasteiger partial charge in [-0.15, -0.1) is 0 Å². The number of nitrogens with one attached hydrogen (secondary N) is 1. The van der Waals surface area contributed by atoms with E-state index < -0.39 is 28.7 Å². The van der Waals surface area contributed by atoms with Gasteiger partial charge in [0.2, 0.25) is 0 Å².